The molecule has 1 unspecified atom stereocenters. The van der Waals surface area contributed by atoms with E-state index in [4.69, 9.17) is 9.84 Å². The Labute approximate surface area is 185 Å². The van der Waals surface area contributed by atoms with Crippen molar-refractivity contribution >= 4 is 33.7 Å². The minimum absolute atomic E-state index is 0.0340. The maximum Gasteiger partial charge on any atom is 0.435 e. The fourth-order valence-electron chi connectivity index (χ4n) is 2.86. The van der Waals surface area contributed by atoms with E-state index in [9.17, 15) is 28.0 Å². The van der Waals surface area contributed by atoms with Crippen molar-refractivity contribution in [3.63, 3.8) is 0 Å². The van der Waals surface area contributed by atoms with Gasteiger partial charge in [0.25, 0.3) is 5.91 Å². The number of ether oxygens (including phenoxy) is 1. The average molecular weight is 471 g/mol. The summed E-state index contributed by atoms with van der Waals surface area (Å²) in [5, 5.41) is 24.4. The minimum Gasteiger partial charge on any atom is -0.480 e. The largest absolute Gasteiger partial charge is 0.480 e. The number of amides is 2. The van der Waals surface area contributed by atoms with Crippen LogP contribution in [-0.4, -0.2) is 88.6 Å². The van der Waals surface area contributed by atoms with E-state index < -0.39 is 45.7 Å². The molecule has 0 saturated carbocycles. The van der Waals surface area contributed by atoms with Gasteiger partial charge in [0.15, 0.2) is 5.54 Å². The predicted molar refractivity (Wildman–Crippen MR) is 111 cm³/mol. The molecule has 1 heterocycles. The molecule has 32 heavy (non-hydrogen) atoms. The number of nitrogens with zero attached hydrogens (tertiary/aromatic N) is 4. The van der Waals surface area contributed by atoms with E-state index in [1.807, 2.05) is 0 Å². The van der Waals surface area contributed by atoms with Crippen molar-refractivity contribution in [2.24, 2.45) is 5.10 Å². The van der Waals surface area contributed by atoms with Crippen LogP contribution in [0.5, 0.6) is 0 Å². The van der Waals surface area contributed by atoms with Crippen molar-refractivity contribution in [2.45, 2.75) is 43.7 Å². The molecule has 1 aromatic rings. The SMILES string of the molecule is CN(C)S(=O)(=O)c1ccc(C2=NN(CC(=O)O)C(=O)C2(C)N(O)C(=O)OC(C)(C)C)cc1. The molecule has 2 amide bonds. The van der Waals surface area contributed by atoms with Crippen LogP contribution in [0.1, 0.15) is 33.3 Å². The summed E-state index contributed by atoms with van der Waals surface area (Å²) >= 11 is 0. The van der Waals surface area contributed by atoms with E-state index in [2.05, 4.69) is 5.10 Å². The van der Waals surface area contributed by atoms with E-state index >= 15 is 0 Å². The molecule has 0 aliphatic carbocycles. The number of carbonyl (C=O) groups is 3. The van der Waals surface area contributed by atoms with Gasteiger partial charge in [-0.05, 0) is 39.8 Å². The highest BCUT2D eigenvalue weighted by atomic mass is 32.2. The first-order valence-electron chi connectivity index (χ1n) is 9.39. The number of rotatable bonds is 6. The first kappa shape index (κ1) is 25.2. The fourth-order valence-corrected chi connectivity index (χ4v) is 3.77. The Morgan fingerprint density at radius 1 is 1.19 bits per heavy atom. The van der Waals surface area contributed by atoms with Crippen LogP contribution < -0.4 is 0 Å². The fraction of sp³-hybridized carbons (Fsp3) is 0.474. The number of carbonyl (C=O) groups excluding carboxylic acids is 2. The normalized spacial score (nSPS) is 19.2. The van der Waals surface area contributed by atoms with Crippen LogP contribution in [0.4, 0.5) is 4.79 Å². The molecular formula is C19H26N4O8S. The Kier molecular flexibility index (Phi) is 6.69. The zero-order chi connectivity index (χ0) is 24.6. The van der Waals surface area contributed by atoms with Gasteiger partial charge in [-0.3, -0.25) is 14.8 Å². The van der Waals surface area contributed by atoms with Crippen molar-refractivity contribution in [1.82, 2.24) is 14.4 Å². The summed E-state index contributed by atoms with van der Waals surface area (Å²) in [4.78, 5) is 36.6. The van der Waals surface area contributed by atoms with Crippen LogP contribution in [0, 0.1) is 0 Å². The Morgan fingerprint density at radius 2 is 1.72 bits per heavy atom. The molecule has 0 radical (unpaired) electrons. The third-order valence-electron chi connectivity index (χ3n) is 4.51. The lowest BCUT2D eigenvalue weighted by Crippen LogP contribution is -2.59. The lowest BCUT2D eigenvalue weighted by molar-refractivity contribution is -0.164. The van der Waals surface area contributed by atoms with Gasteiger partial charge in [-0.1, -0.05) is 12.1 Å². The summed E-state index contributed by atoms with van der Waals surface area (Å²) in [7, 11) is -0.990. The van der Waals surface area contributed by atoms with E-state index in [0.717, 1.165) is 4.31 Å². The zero-order valence-corrected chi connectivity index (χ0v) is 19.4. The topological polar surface area (TPSA) is 157 Å². The Hall–Kier alpha value is -3.03. The summed E-state index contributed by atoms with van der Waals surface area (Å²) in [5.74, 6) is -2.34. The monoisotopic (exact) mass is 470 g/mol. The standard InChI is InChI=1S/C19H26N4O8S/c1-18(2,3)31-17(27)23(28)19(4)15(20-22(16(19)26)11-14(24)25)12-7-9-13(10-8-12)32(29,30)21(5)6/h7-10,28H,11H2,1-6H3,(H,24,25). The molecule has 2 rings (SSSR count). The molecule has 176 valence electrons. The van der Waals surface area contributed by atoms with Crippen molar-refractivity contribution < 1.29 is 37.9 Å². The van der Waals surface area contributed by atoms with Crippen LogP contribution in [-0.2, 0) is 24.3 Å². The number of carboxylic acids is 1. The highest BCUT2D eigenvalue weighted by Gasteiger charge is 2.55. The second-order valence-electron chi connectivity index (χ2n) is 8.38. The maximum absolute atomic E-state index is 13.0. The minimum atomic E-state index is -3.73. The summed E-state index contributed by atoms with van der Waals surface area (Å²) in [6.07, 6.45) is -1.25. The van der Waals surface area contributed by atoms with Crippen LogP contribution in [0.3, 0.4) is 0 Å². The number of carboxylic acid groups (broad SMARTS) is 1. The second kappa shape index (κ2) is 8.48. The highest BCUT2D eigenvalue weighted by Crippen LogP contribution is 2.31. The van der Waals surface area contributed by atoms with E-state index in [0.29, 0.717) is 5.01 Å². The first-order valence-corrected chi connectivity index (χ1v) is 10.8. The molecule has 13 heteroatoms. The number of benzene rings is 1. The molecule has 1 aromatic carbocycles. The average Bonchev–Trinajstić information content (AvgIpc) is 2.91. The molecule has 2 N–H and O–H groups in total. The molecule has 1 aliphatic rings. The molecule has 0 aromatic heterocycles. The van der Waals surface area contributed by atoms with Crippen molar-refractivity contribution in [3.8, 4) is 0 Å². The van der Waals surface area contributed by atoms with Gasteiger partial charge in [-0.2, -0.15) is 10.2 Å². The number of hydrogen-bond donors (Lipinski definition) is 2. The van der Waals surface area contributed by atoms with E-state index in [1.54, 1.807) is 20.8 Å². The van der Waals surface area contributed by atoms with E-state index in [-0.39, 0.29) is 21.2 Å². The summed E-state index contributed by atoms with van der Waals surface area (Å²) in [6.45, 7) is 5.06. The van der Waals surface area contributed by atoms with Gasteiger partial charge in [0, 0.05) is 19.7 Å². The van der Waals surface area contributed by atoms with Gasteiger partial charge < -0.3 is 9.84 Å². The van der Waals surface area contributed by atoms with Crippen LogP contribution >= 0.6 is 0 Å². The predicted octanol–water partition coefficient (Wildman–Crippen LogP) is 0.953. The summed E-state index contributed by atoms with van der Waals surface area (Å²) in [6, 6.07) is 5.22. The number of aliphatic carboxylic acids is 1. The lowest BCUT2D eigenvalue weighted by Gasteiger charge is -2.33. The molecular weight excluding hydrogens is 444 g/mol. The lowest BCUT2D eigenvalue weighted by atomic mass is 9.90. The highest BCUT2D eigenvalue weighted by molar-refractivity contribution is 7.89. The number of hydroxylamine groups is 2. The number of hydrogen-bond acceptors (Lipinski definition) is 8. The van der Waals surface area contributed by atoms with Gasteiger partial charge in [-0.15, -0.1) is 0 Å². The first-order chi connectivity index (χ1) is 14.5. The van der Waals surface area contributed by atoms with Gasteiger partial charge >= 0.3 is 12.1 Å². The van der Waals surface area contributed by atoms with E-state index in [1.165, 1.54) is 45.3 Å². The van der Waals surface area contributed by atoms with Crippen molar-refractivity contribution in [2.75, 3.05) is 20.6 Å². The van der Waals surface area contributed by atoms with Crippen molar-refractivity contribution in [3.05, 3.63) is 29.8 Å². The van der Waals surface area contributed by atoms with Gasteiger partial charge in [-0.25, -0.2) is 22.5 Å². The van der Waals surface area contributed by atoms with Gasteiger partial charge in [0.05, 0.1) is 4.90 Å². The summed E-state index contributed by atoms with van der Waals surface area (Å²) < 4.78 is 30.8. The maximum atomic E-state index is 13.0. The zero-order valence-electron chi connectivity index (χ0n) is 18.6. The molecule has 0 bridgehead atoms. The molecule has 12 nitrogen and oxygen atoms in total. The number of sulfonamides is 1. The van der Waals surface area contributed by atoms with Crippen LogP contribution in [0.25, 0.3) is 0 Å². The third-order valence-corrected chi connectivity index (χ3v) is 6.34. The van der Waals surface area contributed by atoms with Crippen LogP contribution in [0.15, 0.2) is 34.3 Å². The molecule has 1 aliphatic heterocycles. The Balaban J connectivity index is 2.56. The summed E-state index contributed by atoms with van der Waals surface area (Å²) in [5.41, 5.74) is -3.09. The van der Waals surface area contributed by atoms with Gasteiger partial charge in [0.1, 0.15) is 17.9 Å². The molecule has 0 saturated heterocycles. The smallest absolute Gasteiger partial charge is 0.435 e. The molecule has 0 spiro atoms. The third kappa shape index (κ3) is 4.74. The van der Waals surface area contributed by atoms with Gasteiger partial charge in [0.2, 0.25) is 10.0 Å². The Morgan fingerprint density at radius 3 is 2.16 bits per heavy atom. The quantitative estimate of drug-likeness (QED) is 0.460. The second-order valence-corrected chi connectivity index (χ2v) is 10.5. The van der Waals surface area contributed by atoms with Crippen molar-refractivity contribution in [1.29, 1.82) is 0 Å². The number of hydrazone groups is 1. The molecule has 1 atom stereocenters. The Bertz CT molecular complexity index is 1060. The van der Waals surface area contributed by atoms with Crippen LogP contribution in [0.2, 0.25) is 0 Å². The molecule has 0 fully saturated rings.